The van der Waals surface area contributed by atoms with Gasteiger partial charge in [0.15, 0.2) is 5.69 Å². The molecule has 0 radical (unpaired) electrons. The first-order valence-electron chi connectivity index (χ1n) is 7.93. The van der Waals surface area contributed by atoms with E-state index in [1.165, 1.54) is 0 Å². The first-order valence-corrected chi connectivity index (χ1v) is 7.93. The molecule has 1 aliphatic rings. The van der Waals surface area contributed by atoms with Crippen molar-refractivity contribution in [2.75, 3.05) is 18.1 Å². The molecule has 0 saturated heterocycles. The number of anilines is 2. The first-order chi connectivity index (χ1) is 12.4. The number of ether oxygens (including phenoxy) is 1. The molecular formula is C17H15N3O6. The highest BCUT2D eigenvalue weighted by Gasteiger charge is 2.35. The lowest BCUT2D eigenvalue weighted by Crippen LogP contribution is -2.18. The SMILES string of the molecule is CCOC(=O)c1cc([N+](=O)[O-])c(N2CCc3ccccc32)c([N+](=O)[O-])c1. The number of para-hydroxylation sites is 1. The molecule has 0 unspecified atom stereocenters. The molecular weight excluding hydrogens is 342 g/mol. The van der Waals surface area contributed by atoms with E-state index in [2.05, 4.69) is 0 Å². The van der Waals surface area contributed by atoms with Gasteiger partial charge in [0.1, 0.15) is 0 Å². The van der Waals surface area contributed by atoms with E-state index in [1.54, 1.807) is 24.0 Å². The largest absolute Gasteiger partial charge is 0.462 e. The van der Waals surface area contributed by atoms with Crippen LogP contribution in [0.25, 0.3) is 0 Å². The van der Waals surface area contributed by atoms with Crippen LogP contribution in [0.5, 0.6) is 0 Å². The predicted molar refractivity (Wildman–Crippen MR) is 92.9 cm³/mol. The molecule has 0 fully saturated rings. The summed E-state index contributed by atoms with van der Waals surface area (Å²) in [7, 11) is 0. The molecule has 1 heterocycles. The molecule has 3 rings (SSSR count). The summed E-state index contributed by atoms with van der Waals surface area (Å²) in [5.74, 6) is -0.841. The van der Waals surface area contributed by atoms with Crippen molar-refractivity contribution in [2.24, 2.45) is 0 Å². The van der Waals surface area contributed by atoms with Gasteiger partial charge in [0.2, 0.25) is 0 Å². The van der Waals surface area contributed by atoms with Gasteiger partial charge in [-0.15, -0.1) is 0 Å². The van der Waals surface area contributed by atoms with E-state index in [1.807, 2.05) is 12.1 Å². The summed E-state index contributed by atoms with van der Waals surface area (Å²) < 4.78 is 4.82. The van der Waals surface area contributed by atoms with Crippen LogP contribution in [0.4, 0.5) is 22.7 Å². The van der Waals surface area contributed by atoms with E-state index in [-0.39, 0.29) is 17.9 Å². The summed E-state index contributed by atoms with van der Waals surface area (Å²) in [6.45, 7) is 2.01. The zero-order valence-electron chi connectivity index (χ0n) is 13.9. The highest BCUT2D eigenvalue weighted by molar-refractivity contribution is 5.95. The second-order valence-corrected chi connectivity index (χ2v) is 5.63. The van der Waals surface area contributed by atoms with Gasteiger partial charge in [-0.1, -0.05) is 18.2 Å². The quantitative estimate of drug-likeness (QED) is 0.457. The van der Waals surface area contributed by atoms with Gasteiger partial charge < -0.3 is 9.64 Å². The Morgan fingerprint density at radius 1 is 1.15 bits per heavy atom. The fourth-order valence-corrected chi connectivity index (χ4v) is 3.06. The molecule has 2 aromatic carbocycles. The third kappa shape index (κ3) is 2.94. The molecule has 2 aromatic rings. The minimum absolute atomic E-state index is 0.0572. The number of hydrogen-bond acceptors (Lipinski definition) is 7. The molecule has 26 heavy (non-hydrogen) atoms. The number of fused-ring (bicyclic) bond motifs is 1. The van der Waals surface area contributed by atoms with Crippen LogP contribution in [-0.4, -0.2) is 29.0 Å². The Balaban J connectivity index is 2.23. The number of nitro groups is 2. The van der Waals surface area contributed by atoms with Crippen molar-refractivity contribution in [2.45, 2.75) is 13.3 Å². The van der Waals surface area contributed by atoms with Crippen LogP contribution in [-0.2, 0) is 11.2 Å². The van der Waals surface area contributed by atoms with Gasteiger partial charge in [-0.25, -0.2) is 4.79 Å². The van der Waals surface area contributed by atoms with Crippen LogP contribution in [0.3, 0.4) is 0 Å². The lowest BCUT2D eigenvalue weighted by Gasteiger charge is -2.19. The van der Waals surface area contributed by atoms with Gasteiger partial charge >= 0.3 is 17.3 Å². The molecule has 9 nitrogen and oxygen atoms in total. The lowest BCUT2D eigenvalue weighted by molar-refractivity contribution is -0.392. The molecule has 0 aromatic heterocycles. The van der Waals surface area contributed by atoms with E-state index in [9.17, 15) is 25.0 Å². The van der Waals surface area contributed by atoms with Crippen molar-refractivity contribution in [1.82, 2.24) is 0 Å². The zero-order valence-corrected chi connectivity index (χ0v) is 13.9. The summed E-state index contributed by atoms with van der Waals surface area (Å²) in [6, 6.07) is 9.30. The summed E-state index contributed by atoms with van der Waals surface area (Å²) in [4.78, 5) is 35.3. The Morgan fingerprint density at radius 2 is 1.77 bits per heavy atom. The highest BCUT2D eigenvalue weighted by atomic mass is 16.6. The minimum Gasteiger partial charge on any atom is -0.462 e. The number of benzene rings is 2. The molecule has 0 saturated carbocycles. The normalized spacial score (nSPS) is 12.6. The Morgan fingerprint density at radius 3 is 2.35 bits per heavy atom. The van der Waals surface area contributed by atoms with Crippen molar-refractivity contribution in [3.63, 3.8) is 0 Å². The summed E-state index contributed by atoms with van der Waals surface area (Å²) in [5.41, 5.74) is 0.283. The molecule has 0 atom stereocenters. The third-order valence-electron chi connectivity index (χ3n) is 4.13. The van der Waals surface area contributed by atoms with Crippen LogP contribution >= 0.6 is 0 Å². The van der Waals surface area contributed by atoms with Crippen LogP contribution in [0, 0.1) is 20.2 Å². The number of esters is 1. The topological polar surface area (TPSA) is 116 Å². The van der Waals surface area contributed by atoms with Crippen LogP contribution in [0.2, 0.25) is 0 Å². The second-order valence-electron chi connectivity index (χ2n) is 5.63. The maximum atomic E-state index is 11.9. The smallest absolute Gasteiger partial charge is 0.338 e. The third-order valence-corrected chi connectivity index (χ3v) is 4.13. The predicted octanol–water partition coefficient (Wildman–Crippen LogP) is 3.37. The van der Waals surface area contributed by atoms with Gasteiger partial charge in [-0.05, 0) is 25.0 Å². The molecule has 0 amide bonds. The lowest BCUT2D eigenvalue weighted by atomic mass is 10.1. The molecule has 1 aliphatic heterocycles. The van der Waals surface area contributed by atoms with E-state index in [0.717, 1.165) is 17.7 Å². The van der Waals surface area contributed by atoms with Crippen LogP contribution < -0.4 is 4.90 Å². The van der Waals surface area contributed by atoms with Crippen molar-refractivity contribution in [3.8, 4) is 0 Å². The van der Waals surface area contributed by atoms with Gasteiger partial charge in [-0.2, -0.15) is 0 Å². The standard InChI is InChI=1S/C17H15N3O6/c1-2-26-17(21)12-9-14(19(22)23)16(15(10-12)20(24)25)18-8-7-11-5-3-4-6-13(11)18/h3-6,9-10H,2,7-8H2,1H3. The highest BCUT2D eigenvalue weighted by Crippen LogP contribution is 2.45. The fourth-order valence-electron chi connectivity index (χ4n) is 3.06. The number of carbonyl (C=O) groups excluding carboxylic acids is 1. The van der Waals surface area contributed by atoms with Crippen LogP contribution in [0.15, 0.2) is 36.4 Å². The van der Waals surface area contributed by atoms with E-state index in [4.69, 9.17) is 4.74 Å². The number of nitro benzene ring substituents is 2. The maximum absolute atomic E-state index is 11.9. The summed E-state index contributed by atoms with van der Waals surface area (Å²) in [6.07, 6.45) is 0.615. The Labute approximate surface area is 148 Å². The Kier molecular flexibility index (Phi) is 4.53. The van der Waals surface area contributed by atoms with E-state index in [0.29, 0.717) is 18.7 Å². The van der Waals surface area contributed by atoms with Crippen molar-refractivity contribution < 1.29 is 19.4 Å². The van der Waals surface area contributed by atoms with Crippen molar-refractivity contribution >= 4 is 28.7 Å². The van der Waals surface area contributed by atoms with E-state index >= 15 is 0 Å². The molecule has 9 heteroatoms. The number of nitrogens with zero attached hydrogens (tertiary/aromatic N) is 3. The van der Waals surface area contributed by atoms with Gasteiger partial charge in [0.05, 0.1) is 22.0 Å². The minimum atomic E-state index is -0.841. The van der Waals surface area contributed by atoms with Crippen molar-refractivity contribution in [1.29, 1.82) is 0 Å². The molecule has 134 valence electrons. The first kappa shape index (κ1) is 17.3. The van der Waals surface area contributed by atoms with Gasteiger partial charge in [-0.3, -0.25) is 20.2 Å². The average molecular weight is 357 g/mol. The van der Waals surface area contributed by atoms with Crippen molar-refractivity contribution in [3.05, 3.63) is 67.8 Å². The van der Waals surface area contributed by atoms with Crippen LogP contribution in [0.1, 0.15) is 22.8 Å². The number of hydrogen-bond donors (Lipinski definition) is 0. The second kappa shape index (κ2) is 6.79. The molecule has 0 bridgehead atoms. The number of carbonyl (C=O) groups is 1. The monoisotopic (exact) mass is 357 g/mol. The van der Waals surface area contributed by atoms with Gasteiger partial charge in [0, 0.05) is 24.4 Å². The Bertz CT molecular complexity index is 876. The Hall–Kier alpha value is -3.49. The number of rotatable bonds is 5. The summed E-state index contributed by atoms with van der Waals surface area (Å²) >= 11 is 0. The average Bonchev–Trinajstić information content (AvgIpc) is 3.04. The molecule has 0 spiro atoms. The molecule has 0 aliphatic carbocycles. The fraction of sp³-hybridized carbons (Fsp3) is 0.235. The summed E-state index contributed by atoms with van der Waals surface area (Å²) in [5, 5.41) is 23.2. The zero-order chi connectivity index (χ0) is 18.8. The van der Waals surface area contributed by atoms with Gasteiger partial charge in [0.25, 0.3) is 0 Å². The molecule has 0 N–H and O–H groups in total. The maximum Gasteiger partial charge on any atom is 0.338 e. The van der Waals surface area contributed by atoms with E-state index < -0.39 is 27.2 Å².